The number of carbonyl (C=O) groups is 1. The van der Waals surface area contributed by atoms with Gasteiger partial charge in [0.05, 0.1) is 16.5 Å². The number of aliphatic hydroxyl groups excluding tert-OH is 1. The number of aryl methyl sites for hydroxylation is 1. The molecule has 3 heterocycles. The predicted molar refractivity (Wildman–Crippen MR) is 142 cm³/mol. The fourth-order valence-electron chi connectivity index (χ4n) is 5.28. The van der Waals surface area contributed by atoms with Crippen molar-refractivity contribution in [3.8, 4) is 0 Å². The first kappa shape index (κ1) is 26.9. The van der Waals surface area contributed by atoms with Crippen LogP contribution in [-0.2, 0) is 24.8 Å². The third kappa shape index (κ3) is 5.24. The summed E-state index contributed by atoms with van der Waals surface area (Å²) < 4.78 is 37.0. The molecule has 1 saturated heterocycles. The molecule has 0 amide bonds. The highest BCUT2D eigenvalue weighted by molar-refractivity contribution is 7.84. The molecule has 5 rings (SSSR count). The molecule has 2 fully saturated rings. The topological polar surface area (TPSA) is 140 Å². The van der Waals surface area contributed by atoms with Crippen LogP contribution in [0.5, 0.6) is 0 Å². The second kappa shape index (κ2) is 10.8. The summed E-state index contributed by atoms with van der Waals surface area (Å²) in [5, 5.41) is 13.5. The number of anilines is 1. The molecule has 202 valence electrons. The summed E-state index contributed by atoms with van der Waals surface area (Å²) in [5.74, 6) is 0.0968. The Hall–Kier alpha value is -2.74. The summed E-state index contributed by atoms with van der Waals surface area (Å²) >= 11 is 1.41. The molecule has 10 nitrogen and oxygen atoms in total. The van der Waals surface area contributed by atoms with Crippen molar-refractivity contribution in [2.75, 3.05) is 19.0 Å². The molecule has 0 bridgehead atoms. The van der Waals surface area contributed by atoms with Crippen molar-refractivity contribution in [3.63, 3.8) is 0 Å². The van der Waals surface area contributed by atoms with Crippen molar-refractivity contribution >= 4 is 33.2 Å². The van der Waals surface area contributed by atoms with Crippen LogP contribution in [0, 0.1) is 6.92 Å². The third-order valence-electron chi connectivity index (χ3n) is 7.11. The van der Waals surface area contributed by atoms with E-state index in [0.717, 1.165) is 28.8 Å². The van der Waals surface area contributed by atoms with Crippen molar-refractivity contribution in [1.29, 1.82) is 0 Å². The molecule has 1 aliphatic heterocycles. The Kier molecular flexibility index (Phi) is 7.63. The SMILES string of the molecule is CNS(=O)(=O)O[C@@H]1C[C@H](Nc2ncncc2C(=O)c2cc([C@@]3(c4ccccc4)CCCO3)c(C)s2)C[C@@H]1O. The lowest BCUT2D eigenvalue weighted by molar-refractivity contribution is 0.0358. The molecule has 12 heteroatoms. The molecule has 0 unspecified atom stereocenters. The van der Waals surface area contributed by atoms with E-state index in [4.69, 9.17) is 8.92 Å². The Labute approximate surface area is 225 Å². The van der Waals surface area contributed by atoms with Gasteiger partial charge in [0.1, 0.15) is 23.9 Å². The Morgan fingerprint density at radius 1 is 1.26 bits per heavy atom. The smallest absolute Gasteiger partial charge is 0.335 e. The van der Waals surface area contributed by atoms with Gasteiger partial charge in [0.15, 0.2) is 0 Å². The molecular weight excluding hydrogens is 528 g/mol. The second-order valence-corrected chi connectivity index (χ2v) is 12.3. The molecule has 4 atom stereocenters. The van der Waals surface area contributed by atoms with E-state index < -0.39 is 28.1 Å². The minimum absolute atomic E-state index is 0.221. The zero-order valence-electron chi connectivity index (χ0n) is 21.1. The van der Waals surface area contributed by atoms with Crippen molar-refractivity contribution in [1.82, 2.24) is 14.7 Å². The largest absolute Gasteiger partial charge is 0.390 e. The average molecular weight is 559 g/mol. The molecule has 1 aliphatic carbocycles. The predicted octanol–water partition coefficient (Wildman–Crippen LogP) is 2.92. The summed E-state index contributed by atoms with van der Waals surface area (Å²) in [6.45, 7) is 2.66. The number of hydrogen-bond donors (Lipinski definition) is 3. The van der Waals surface area contributed by atoms with E-state index in [-0.39, 0.29) is 24.7 Å². The van der Waals surface area contributed by atoms with Crippen LogP contribution in [0.15, 0.2) is 48.9 Å². The summed E-state index contributed by atoms with van der Waals surface area (Å²) in [6, 6.07) is 11.7. The van der Waals surface area contributed by atoms with Gasteiger partial charge in [-0.05, 0) is 44.2 Å². The van der Waals surface area contributed by atoms with Gasteiger partial charge in [0.2, 0.25) is 5.78 Å². The molecule has 3 N–H and O–H groups in total. The van der Waals surface area contributed by atoms with Crippen LogP contribution in [0.1, 0.15) is 56.9 Å². The number of ether oxygens (including phenoxy) is 1. The number of carbonyl (C=O) groups excluding carboxylic acids is 1. The zero-order chi connectivity index (χ0) is 26.9. The van der Waals surface area contributed by atoms with Crippen LogP contribution in [0.2, 0.25) is 0 Å². The lowest BCUT2D eigenvalue weighted by Crippen LogP contribution is -2.31. The van der Waals surface area contributed by atoms with Gasteiger partial charge in [-0.1, -0.05) is 30.3 Å². The normalized spacial score (nSPS) is 25.5. The number of thiophene rings is 1. The molecule has 1 saturated carbocycles. The molecule has 1 aromatic carbocycles. The molecule has 0 spiro atoms. The van der Waals surface area contributed by atoms with Gasteiger partial charge < -0.3 is 15.2 Å². The van der Waals surface area contributed by atoms with E-state index in [0.29, 0.717) is 22.9 Å². The minimum atomic E-state index is -3.95. The van der Waals surface area contributed by atoms with Crippen LogP contribution in [-0.4, -0.2) is 61.2 Å². The van der Waals surface area contributed by atoms with Crippen LogP contribution in [0.4, 0.5) is 5.82 Å². The summed E-state index contributed by atoms with van der Waals surface area (Å²) in [6.07, 6.45) is 3.14. The van der Waals surface area contributed by atoms with Crippen molar-refractivity contribution < 1.29 is 27.2 Å². The number of hydrogen-bond acceptors (Lipinski definition) is 10. The first-order valence-electron chi connectivity index (χ1n) is 12.4. The summed E-state index contributed by atoms with van der Waals surface area (Å²) in [5.41, 5.74) is 1.77. The first-order valence-corrected chi connectivity index (χ1v) is 14.7. The molecule has 0 radical (unpaired) electrons. The van der Waals surface area contributed by atoms with E-state index in [2.05, 4.69) is 32.1 Å². The fraction of sp³-hybridized carbons (Fsp3) is 0.423. The Morgan fingerprint density at radius 3 is 2.76 bits per heavy atom. The summed E-state index contributed by atoms with van der Waals surface area (Å²) in [7, 11) is -2.71. The highest BCUT2D eigenvalue weighted by atomic mass is 32.2. The molecular formula is C26H30N4O6S2. The van der Waals surface area contributed by atoms with Crippen molar-refractivity contribution in [2.24, 2.45) is 0 Å². The summed E-state index contributed by atoms with van der Waals surface area (Å²) in [4.78, 5) is 23.6. The van der Waals surface area contributed by atoms with Crippen LogP contribution < -0.4 is 10.0 Å². The van der Waals surface area contributed by atoms with E-state index >= 15 is 0 Å². The van der Waals surface area contributed by atoms with Gasteiger partial charge in [-0.2, -0.15) is 13.1 Å². The quantitative estimate of drug-likeness (QED) is 0.338. The fourth-order valence-corrected chi connectivity index (χ4v) is 6.96. The number of aromatic nitrogens is 2. The van der Waals surface area contributed by atoms with E-state index in [1.807, 2.05) is 31.2 Å². The maximum Gasteiger partial charge on any atom is 0.335 e. The molecule has 2 aromatic heterocycles. The van der Waals surface area contributed by atoms with Gasteiger partial charge in [-0.3, -0.25) is 8.98 Å². The van der Waals surface area contributed by atoms with Gasteiger partial charge >= 0.3 is 10.3 Å². The molecule has 2 aliphatic rings. The third-order valence-corrected chi connectivity index (χ3v) is 9.16. The number of benzene rings is 1. The molecule has 3 aromatic rings. The maximum atomic E-state index is 13.7. The van der Waals surface area contributed by atoms with E-state index in [1.54, 1.807) is 0 Å². The monoisotopic (exact) mass is 558 g/mol. The van der Waals surface area contributed by atoms with Crippen molar-refractivity contribution in [3.05, 3.63) is 75.4 Å². The van der Waals surface area contributed by atoms with Gasteiger partial charge in [0.25, 0.3) is 0 Å². The van der Waals surface area contributed by atoms with Gasteiger partial charge in [-0.15, -0.1) is 11.3 Å². The lowest BCUT2D eigenvalue weighted by atomic mass is 9.84. The van der Waals surface area contributed by atoms with Crippen molar-refractivity contribution in [2.45, 2.75) is 56.5 Å². The zero-order valence-corrected chi connectivity index (χ0v) is 22.7. The Morgan fingerprint density at radius 2 is 2.05 bits per heavy atom. The Bertz CT molecular complexity index is 1410. The number of nitrogens with one attached hydrogen (secondary N) is 2. The van der Waals surface area contributed by atoms with Crippen LogP contribution >= 0.6 is 11.3 Å². The van der Waals surface area contributed by atoms with Crippen LogP contribution in [0.25, 0.3) is 0 Å². The Balaban J connectivity index is 1.39. The van der Waals surface area contributed by atoms with E-state index in [9.17, 15) is 18.3 Å². The minimum Gasteiger partial charge on any atom is -0.390 e. The number of rotatable bonds is 9. The van der Waals surface area contributed by atoms with Gasteiger partial charge in [-0.25, -0.2) is 9.97 Å². The second-order valence-electron chi connectivity index (χ2n) is 9.51. The average Bonchev–Trinajstić information content (AvgIpc) is 3.64. The number of aliphatic hydroxyl groups is 1. The maximum absolute atomic E-state index is 13.7. The number of nitrogens with zero attached hydrogens (tertiary/aromatic N) is 2. The van der Waals surface area contributed by atoms with E-state index in [1.165, 1.54) is 30.9 Å². The standard InChI is InChI=1S/C26H30N4O6S2/c1-16-20(26(9-6-10-35-26)17-7-4-3-5-8-17)13-23(37-16)24(32)19-14-28-15-29-25(19)30-18-11-21(31)22(12-18)36-38(33,34)27-2/h3-5,7-8,13-15,18,21-22,27,31H,6,9-12H2,1-2H3,(H,28,29,30)/t18-,21+,22-,26+/m1/s1. The number of ketones is 1. The first-order chi connectivity index (χ1) is 18.2. The van der Waals surface area contributed by atoms with Crippen LogP contribution in [0.3, 0.4) is 0 Å². The lowest BCUT2D eigenvalue weighted by Gasteiger charge is -2.29. The van der Waals surface area contributed by atoms with Gasteiger partial charge in [0, 0.05) is 36.3 Å². The highest BCUT2D eigenvalue weighted by Gasteiger charge is 2.41. The highest BCUT2D eigenvalue weighted by Crippen LogP contribution is 2.46. The molecule has 38 heavy (non-hydrogen) atoms.